The molecule has 0 N–H and O–H groups in total. The molecule has 0 fully saturated rings. The van der Waals surface area contributed by atoms with Crippen LogP contribution in [0.4, 0.5) is 17.1 Å². The molecule has 10 aromatic rings. The van der Waals surface area contributed by atoms with Gasteiger partial charge in [0.2, 0.25) is 0 Å². The van der Waals surface area contributed by atoms with E-state index in [2.05, 4.69) is 217 Å². The summed E-state index contributed by atoms with van der Waals surface area (Å²) in [5.74, 6) is 0. The second-order valence-corrected chi connectivity index (χ2v) is 14.0. The van der Waals surface area contributed by atoms with Crippen LogP contribution in [0.15, 0.2) is 229 Å². The number of furan rings is 1. The summed E-state index contributed by atoms with van der Waals surface area (Å²) in [6.45, 7) is 0. The SMILES string of the molecule is c1ccc(-c2ccccc2-c2ccccc2-c2ccccc2N(c2ccc(-c3ccc4c(c3)oc3ccccc34)cc2)c2ccccc2-c2ccccc2)cc1. The van der Waals surface area contributed by atoms with Crippen LogP contribution in [0.1, 0.15) is 0 Å². The molecule has 1 heterocycles. The molecule has 1 aromatic heterocycles. The maximum atomic E-state index is 6.27. The van der Waals surface area contributed by atoms with Gasteiger partial charge in [0.1, 0.15) is 11.2 Å². The number of benzene rings is 9. The third-order valence-electron chi connectivity index (χ3n) is 10.7. The first-order valence-electron chi connectivity index (χ1n) is 19.1. The van der Waals surface area contributed by atoms with Crippen molar-refractivity contribution in [2.75, 3.05) is 4.90 Å². The lowest BCUT2D eigenvalue weighted by atomic mass is 9.88. The van der Waals surface area contributed by atoms with Crippen molar-refractivity contribution in [1.29, 1.82) is 0 Å². The van der Waals surface area contributed by atoms with Crippen LogP contribution >= 0.6 is 0 Å². The van der Waals surface area contributed by atoms with Gasteiger partial charge in [-0.15, -0.1) is 0 Å². The number of para-hydroxylation sites is 3. The van der Waals surface area contributed by atoms with Crippen LogP contribution in [-0.4, -0.2) is 0 Å². The van der Waals surface area contributed by atoms with Gasteiger partial charge in [0.15, 0.2) is 0 Å². The van der Waals surface area contributed by atoms with Gasteiger partial charge in [-0.2, -0.15) is 0 Å². The summed E-state index contributed by atoms with van der Waals surface area (Å²) in [5.41, 5.74) is 16.7. The number of rotatable bonds is 8. The van der Waals surface area contributed by atoms with E-state index in [1.54, 1.807) is 0 Å². The Morgan fingerprint density at radius 2 is 0.714 bits per heavy atom. The molecule has 0 unspecified atom stereocenters. The van der Waals surface area contributed by atoms with Gasteiger partial charge in [0, 0.05) is 27.6 Å². The lowest BCUT2D eigenvalue weighted by Crippen LogP contribution is -2.12. The number of nitrogens with zero attached hydrogens (tertiary/aromatic N) is 1. The molecule has 10 rings (SSSR count). The Morgan fingerprint density at radius 1 is 0.268 bits per heavy atom. The molecule has 0 bridgehead atoms. The molecule has 0 aliphatic rings. The molecule has 0 saturated heterocycles. The molecule has 0 saturated carbocycles. The monoisotopic (exact) mass is 715 g/mol. The van der Waals surface area contributed by atoms with E-state index >= 15 is 0 Å². The summed E-state index contributed by atoms with van der Waals surface area (Å²) in [6.07, 6.45) is 0. The van der Waals surface area contributed by atoms with E-state index in [1.165, 1.54) is 33.4 Å². The number of hydrogen-bond donors (Lipinski definition) is 0. The first-order valence-corrected chi connectivity index (χ1v) is 19.1. The van der Waals surface area contributed by atoms with Crippen molar-refractivity contribution in [3.05, 3.63) is 224 Å². The van der Waals surface area contributed by atoms with Gasteiger partial charge in [0.25, 0.3) is 0 Å². The minimum Gasteiger partial charge on any atom is -0.456 e. The first-order chi connectivity index (χ1) is 27.8. The Kier molecular flexibility index (Phi) is 8.55. The van der Waals surface area contributed by atoms with E-state index < -0.39 is 0 Å². The number of anilines is 3. The van der Waals surface area contributed by atoms with E-state index in [0.29, 0.717) is 0 Å². The third-order valence-corrected chi connectivity index (χ3v) is 10.7. The molecule has 56 heavy (non-hydrogen) atoms. The lowest BCUT2D eigenvalue weighted by molar-refractivity contribution is 0.669. The van der Waals surface area contributed by atoms with Gasteiger partial charge < -0.3 is 9.32 Å². The van der Waals surface area contributed by atoms with E-state index in [9.17, 15) is 0 Å². The van der Waals surface area contributed by atoms with Crippen molar-refractivity contribution in [2.45, 2.75) is 0 Å². The Balaban J connectivity index is 1.14. The maximum absolute atomic E-state index is 6.27. The molecular formula is C54H37NO. The van der Waals surface area contributed by atoms with Crippen molar-refractivity contribution in [3.8, 4) is 55.6 Å². The molecule has 0 aliphatic carbocycles. The maximum Gasteiger partial charge on any atom is 0.136 e. The summed E-state index contributed by atoms with van der Waals surface area (Å²) in [5, 5.41) is 2.27. The topological polar surface area (TPSA) is 16.4 Å². The van der Waals surface area contributed by atoms with E-state index in [0.717, 1.165) is 61.3 Å². The second kappa shape index (κ2) is 14.4. The molecule has 264 valence electrons. The van der Waals surface area contributed by atoms with Crippen molar-refractivity contribution in [3.63, 3.8) is 0 Å². The van der Waals surface area contributed by atoms with Crippen LogP contribution in [0.5, 0.6) is 0 Å². The fraction of sp³-hybridized carbons (Fsp3) is 0. The quantitative estimate of drug-likeness (QED) is 0.156. The Labute approximate surface area is 327 Å². The predicted octanol–water partition coefficient (Wildman–Crippen LogP) is 15.4. The number of hydrogen-bond acceptors (Lipinski definition) is 2. The third kappa shape index (κ3) is 6.04. The Bertz CT molecular complexity index is 2960. The Morgan fingerprint density at radius 3 is 1.39 bits per heavy atom. The fourth-order valence-corrected chi connectivity index (χ4v) is 8.08. The predicted molar refractivity (Wildman–Crippen MR) is 236 cm³/mol. The van der Waals surface area contributed by atoms with Gasteiger partial charge in [0.05, 0.1) is 11.4 Å². The van der Waals surface area contributed by atoms with Gasteiger partial charge in [-0.3, -0.25) is 0 Å². The van der Waals surface area contributed by atoms with E-state index in [4.69, 9.17) is 4.42 Å². The highest BCUT2D eigenvalue weighted by molar-refractivity contribution is 6.06. The van der Waals surface area contributed by atoms with Gasteiger partial charge >= 0.3 is 0 Å². The fourth-order valence-electron chi connectivity index (χ4n) is 8.08. The molecule has 2 heteroatoms. The summed E-state index contributed by atoms with van der Waals surface area (Å²) >= 11 is 0. The highest BCUT2D eigenvalue weighted by Gasteiger charge is 2.22. The minimum atomic E-state index is 0.896. The molecule has 2 nitrogen and oxygen atoms in total. The molecule has 0 aliphatic heterocycles. The molecule has 0 radical (unpaired) electrons. The second-order valence-electron chi connectivity index (χ2n) is 14.0. The van der Waals surface area contributed by atoms with Crippen molar-refractivity contribution in [2.24, 2.45) is 0 Å². The van der Waals surface area contributed by atoms with E-state index in [1.807, 2.05) is 12.1 Å². The van der Waals surface area contributed by atoms with Crippen molar-refractivity contribution in [1.82, 2.24) is 0 Å². The minimum absolute atomic E-state index is 0.896. The zero-order chi connectivity index (χ0) is 37.3. The van der Waals surface area contributed by atoms with Gasteiger partial charge in [-0.25, -0.2) is 0 Å². The smallest absolute Gasteiger partial charge is 0.136 e. The summed E-state index contributed by atoms with van der Waals surface area (Å²) in [4.78, 5) is 2.42. The number of fused-ring (bicyclic) bond motifs is 3. The normalized spacial score (nSPS) is 11.2. The Hall–Kier alpha value is -7.42. The first kappa shape index (κ1) is 33.2. The van der Waals surface area contributed by atoms with Gasteiger partial charge in [-0.05, 0) is 87.0 Å². The highest BCUT2D eigenvalue weighted by atomic mass is 16.3. The van der Waals surface area contributed by atoms with Gasteiger partial charge in [-0.1, -0.05) is 182 Å². The van der Waals surface area contributed by atoms with Crippen LogP contribution in [0.2, 0.25) is 0 Å². The molecular weight excluding hydrogens is 679 g/mol. The van der Waals surface area contributed by atoms with Crippen LogP contribution < -0.4 is 4.90 Å². The molecule has 0 atom stereocenters. The summed E-state index contributed by atoms with van der Waals surface area (Å²) in [7, 11) is 0. The lowest BCUT2D eigenvalue weighted by Gasteiger charge is -2.30. The average molecular weight is 716 g/mol. The molecule has 0 amide bonds. The zero-order valence-electron chi connectivity index (χ0n) is 30.7. The summed E-state index contributed by atoms with van der Waals surface area (Å²) in [6, 6.07) is 80.1. The van der Waals surface area contributed by atoms with Crippen LogP contribution in [-0.2, 0) is 0 Å². The van der Waals surface area contributed by atoms with Crippen LogP contribution in [0, 0.1) is 0 Å². The standard InChI is InChI=1S/C54H37NO/c1-3-17-39(18-4-1)43-21-7-8-23-45(43)46-24-9-10-25-47(46)48-26-12-15-29-52(48)55(51-28-14-11-22-44(51)40-19-5-2-6-20-40)42-34-31-38(32-35-42)41-33-36-50-49-27-13-16-30-53(49)56-54(50)37-41/h1-37H. The average Bonchev–Trinajstić information content (AvgIpc) is 3.66. The van der Waals surface area contributed by atoms with E-state index in [-0.39, 0.29) is 0 Å². The zero-order valence-corrected chi connectivity index (χ0v) is 30.7. The van der Waals surface area contributed by atoms with Crippen molar-refractivity contribution >= 4 is 39.0 Å². The molecule has 9 aromatic carbocycles. The largest absolute Gasteiger partial charge is 0.456 e. The molecule has 0 spiro atoms. The summed E-state index contributed by atoms with van der Waals surface area (Å²) < 4.78 is 6.27. The van der Waals surface area contributed by atoms with Crippen molar-refractivity contribution < 1.29 is 4.42 Å². The van der Waals surface area contributed by atoms with Crippen LogP contribution in [0.25, 0.3) is 77.6 Å². The highest BCUT2D eigenvalue weighted by Crippen LogP contribution is 2.47. The van der Waals surface area contributed by atoms with Crippen LogP contribution in [0.3, 0.4) is 0 Å².